The van der Waals surface area contributed by atoms with Gasteiger partial charge in [0.25, 0.3) is 10.0 Å². The van der Waals surface area contributed by atoms with E-state index in [1.54, 1.807) is 0 Å². The molecule has 7 nitrogen and oxygen atoms in total. The van der Waals surface area contributed by atoms with Crippen LogP contribution < -0.4 is 0 Å². The standard InChI is InChI=1S/C10H17N3O4S2/c1-3-9-11-6-10(12-9)19(16,17)13(2)8-4-5-18(14,15)7-8/h6,8H,3-5,7H2,1-2H3,(H,11,12). The molecule has 1 aliphatic rings. The SMILES string of the molecule is CCc1ncc(S(=O)(=O)N(C)C2CCS(=O)(=O)C2)[nH]1. The number of rotatable bonds is 4. The Morgan fingerprint density at radius 3 is 2.68 bits per heavy atom. The normalized spacial score (nSPS) is 23.0. The highest BCUT2D eigenvalue weighted by atomic mass is 32.2. The Kier molecular flexibility index (Phi) is 3.72. The van der Waals surface area contributed by atoms with Gasteiger partial charge in [-0.15, -0.1) is 0 Å². The summed E-state index contributed by atoms with van der Waals surface area (Å²) in [5.41, 5.74) is 0. The lowest BCUT2D eigenvalue weighted by Crippen LogP contribution is -2.37. The van der Waals surface area contributed by atoms with Crippen molar-refractivity contribution in [1.29, 1.82) is 0 Å². The van der Waals surface area contributed by atoms with Crippen molar-refractivity contribution in [2.45, 2.75) is 30.8 Å². The first-order chi connectivity index (χ1) is 8.76. The van der Waals surface area contributed by atoms with Crippen LogP contribution in [0.25, 0.3) is 0 Å². The highest BCUT2D eigenvalue weighted by Gasteiger charge is 2.37. The second-order valence-corrected chi connectivity index (χ2v) is 8.82. The van der Waals surface area contributed by atoms with E-state index in [1.807, 2.05) is 6.92 Å². The third kappa shape index (κ3) is 2.82. The van der Waals surface area contributed by atoms with E-state index >= 15 is 0 Å². The zero-order valence-corrected chi connectivity index (χ0v) is 12.5. The predicted octanol–water partition coefficient (Wildman–Crippen LogP) is -0.220. The molecule has 1 aromatic heterocycles. The maximum absolute atomic E-state index is 12.3. The lowest BCUT2D eigenvalue weighted by molar-refractivity contribution is 0.392. The summed E-state index contributed by atoms with van der Waals surface area (Å²) in [5, 5.41) is 0.0103. The molecule has 0 amide bonds. The largest absolute Gasteiger partial charge is 0.332 e. The molecule has 19 heavy (non-hydrogen) atoms. The van der Waals surface area contributed by atoms with Gasteiger partial charge in [-0.2, -0.15) is 4.31 Å². The van der Waals surface area contributed by atoms with Gasteiger partial charge in [-0.25, -0.2) is 21.8 Å². The number of sulfone groups is 1. The van der Waals surface area contributed by atoms with Crippen molar-refractivity contribution < 1.29 is 16.8 Å². The molecule has 0 aromatic carbocycles. The lowest BCUT2D eigenvalue weighted by Gasteiger charge is -2.21. The van der Waals surface area contributed by atoms with Crippen LogP contribution in [0.15, 0.2) is 11.2 Å². The summed E-state index contributed by atoms with van der Waals surface area (Å²) >= 11 is 0. The van der Waals surface area contributed by atoms with Crippen LogP contribution in [0.1, 0.15) is 19.2 Å². The second kappa shape index (κ2) is 4.88. The van der Waals surface area contributed by atoms with Crippen molar-refractivity contribution in [2.24, 2.45) is 0 Å². The number of nitrogens with one attached hydrogen (secondary N) is 1. The number of aromatic amines is 1. The van der Waals surface area contributed by atoms with Gasteiger partial charge >= 0.3 is 0 Å². The fourth-order valence-electron chi connectivity index (χ4n) is 2.07. The molecule has 2 heterocycles. The van der Waals surface area contributed by atoms with E-state index in [2.05, 4.69) is 9.97 Å². The maximum atomic E-state index is 12.3. The summed E-state index contributed by atoms with van der Waals surface area (Å²) in [5.74, 6) is 0.518. The molecule has 0 bridgehead atoms. The number of imidazole rings is 1. The van der Waals surface area contributed by atoms with Gasteiger partial charge in [0.05, 0.1) is 17.7 Å². The molecular formula is C10H17N3O4S2. The molecule has 0 saturated carbocycles. The van der Waals surface area contributed by atoms with E-state index in [-0.39, 0.29) is 16.5 Å². The number of hydrogen-bond donors (Lipinski definition) is 1. The van der Waals surface area contributed by atoms with Crippen molar-refractivity contribution >= 4 is 19.9 Å². The van der Waals surface area contributed by atoms with Crippen molar-refractivity contribution in [3.63, 3.8) is 0 Å². The van der Waals surface area contributed by atoms with E-state index < -0.39 is 25.9 Å². The van der Waals surface area contributed by atoms with Crippen LogP contribution in [0.5, 0.6) is 0 Å². The van der Waals surface area contributed by atoms with Crippen LogP contribution in [0.4, 0.5) is 0 Å². The smallest absolute Gasteiger partial charge is 0.260 e. The fourth-order valence-corrected chi connectivity index (χ4v) is 5.25. The highest BCUT2D eigenvalue weighted by Crippen LogP contribution is 2.22. The third-order valence-electron chi connectivity index (χ3n) is 3.32. The summed E-state index contributed by atoms with van der Waals surface area (Å²) in [7, 11) is -5.42. The van der Waals surface area contributed by atoms with Crippen molar-refractivity contribution in [1.82, 2.24) is 14.3 Å². The van der Waals surface area contributed by atoms with E-state index in [0.29, 0.717) is 18.7 Å². The average molecular weight is 307 g/mol. The first-order valence-corrected chi connectivity index (χ1v) is 9.25. The summed E-state index contributed by atoms with van der Waals surface area (Å²) < 4.78 is 48.6. The molecule has 1 saturated heterocycles. The van der Waals surface area contributed by atoms with E-state index in [1.165, 1.54) is 13.2 Å². The van der Waals surface area contributed by atoms with Gasteiger partial charge in [0.2, 0.25) is 0 Å². The molecule has 108 valence electrons. The van der Waals surface area contributed by atoms with Gasteiger partial charge in [-0.1, -0.05) is 6.92 Å². The zero-order chi connectivity index (χ0) is 14.3. The topological polar surface area (TPSA) is 100 Å². The minimum atomic E-state index is -3.71. The van der Waals surface area contributed by atoms with Gasteiger partial charge in [0, 0.05) is 19.5 Å². The second-order valence-electron chi connectivity index (χ2n) is 4.63. The van der Waals surface area contributed by atoms with E-state index in [0.717, 1.165) is 4.31 Å². The van der Waals surface area contributed by atoms with Crippen molar-refractivity contribution in [2.75, 3.05) is 18.6 Å². The minimum Gasteiger partial charge on any atom is -0.332 e. The molecule has 1 aliphatic heterocycles. The Morgan fingerprint density at radius 1 is 1.53 bits per heavy atom. The summed E-state index contributed by atoms with van der Waals surface area (Å²) in [6.45, 7) is 1.86. The number of nitrogens with zero attached hydrogens (tertiary/aromatic N) is 2. The maximum Gasteiger partial charge on any atom is 0.260 e. The lowest BCUT2D eigenvalue weighted by atomic mass is 10.3. The van der Waals surface area contributed by atoms with Gasteiger partial charge in [-0.3, -0.25) is 0 Å². The molecule has 1 fully saturated rings. The van der Waals surface area contributed by atoms with Gasteiger partial charge in [-0.05, 0) is 6.42 Å². The first kappa shape index (κ1) is 14.5. The van der Waals surface area contributed by atoms with Crippen LogP contribution in [0, 0.1) is 0 Å². The quantitative estimate of drug-likeness (QED) is 0.829. The molecule has 1 atom stereocenters. The van der Waals surface area contributed by atoms with E-state index in [4.69, 9.17) is 0 Å². The Balaban J connectivity index is 2.25. The molecule has 1 unspecified atom stereocenters. The highest BCUT2D eigenvalue weighted by molar-refractivity contribution is 7.92. The number of hydrogen-bond acceptors (Lipinski definition) is 5. The zero-order valence-electron chi connectivity index (χ0n) is 10.8. The Bertz CT molecular complexity index is 663. The monoisotopic (exact) mass is 307 g/mol. The summed E-state index contributed by atoms with van der Waals surface area (Å²) in [6, 6.07) is -0.497. The predicted molar refractivity (Wildman–Crippen MR) is 70.0 cm³/mol. The van der Waals surface area contributed by atoms with Gasteiger partial charge in [0.15, 0.2) is 14.9 Å². The van der Waals surface area contributed by atoms with Crippen molar-refractivity contribution in [3.8, 4) is 0 Å². The number of sulfonamides is 1. The number of aromatic nitrogens is 2. The molecule has 0 radical (unpaired) electrons. The fraction of sp³-hybridized carbons (Fsp3) is 0.700. The van der Waals surface area contributed by atoms with Crippen LogP contribution in [-0.4, -0.2) is 55.7 Å². The Labute approximate surface area is 113 Å². The summed E-state index contributed by atoms with van der Waals surface area (Å²) in [6.07, 6.45) is 2.22. The molecule has 0 aliphatic carbocycles. The van der Waals surface area contributed by atoms with Crippen molar-refractivity contribution in [3.05, 3.63) is 12.0 Å². The van der Waals surface area contributed by atoms with Crippen LogP contribution >= 0.6 is 0 Å². The minimum absolute atomic E-state index is 0.0103. The van der Waals surface area contributed by atoms with Gasteiger partial charge in [0.1, 0.15) is 5.82 Å². The molecule has 2 rings (SSSR count). The third-order valence-corrected chi connectivity index (χ3v) is 6.89. The molecule has 9 heteroatoms. The molecule has 1 aromatic rings. The summed E-state index contributed by atoms with van der Waals surface area (Å²) in [4.78, 5) is 6.70. The Hall–Kier alpha value is -0.930. The van der Waals surface area contributed by atoms with E-state index in [9.17, 15) is 16.8 Å². The number of aryl methyl sites for hydroxylation is 1. The van der Waals surface area contributed by atoms with Gasteiger partial charge < -0.3 is 4.98 Å². The Morgan fingerprint density at radius 2 is 2.21 bits per heavy atom. The van der Waals surface area contributed by atoms with Crippen LogP contribution in [0.3, 0.4) is 0 Å². The van der Waals surface area contributed by atoms with Crippen LogP contribution in [0.2, 0.25) is 0 Å². The van der Waals surface area contributed by atoms with Crippen LogP contribution in [-0.2, 0) is 26.3 Å². The average Bonchev–Trinajstić information content (AvgIpc) is 2.94. The number of H-pyrrole nitrogens is 1. The molecule has 1 N–H and O–H groups in total. The first-order valence-electron chi connectivity index (χ1n) is 5.98. The molecule has 0 spiro atoms. The molecular weight excluding hydrogens is 290 g/mol.